The fourth-order valence-electron chi connectivity index (χ4n) is 3.04. The molecule has 1 aliphatic heterocycles. The lowest BCUT2D eigenvalue weighted by Crippen LogP contribution is -2.33. The van der Waals surface area contributed by atoms with Gasteiger partial charge in [0.05, 0.1) is 0 Å². The molecule has 0 N–H and O–H groups in total. The largest absolute Gasteiger partial charge is 0.339 e. The number of imidazole rings is 1. The van der Waals surface area contributed by atoms with Gasteiger partial charge >= 0.3 is 0 Å². The van der Waals surface area contributed by atoms with Crippen LogP contribution in [0.3, 0.4) is 0 Å². The molecule has 4 nitrogen and oxygen atoms in total. The number of aryl methyl sites for hydroxylation is 1. The average Bonchev–Trinajstić information content (AvgIpc) is 2.93. The lowest BCUT2D eigenvalue weighted by molar-refractivity contribution is 0.0742. The average molecular weight is 297 g/mol. The van der Waals surface area contributed by atoms with Crippen LogP contribution in [0.1, 0.15) is 42.5 Å². The molecule has 3 rings (SSSR count). The molecule has 1 aromatic carbocycles. The summed E-state index contributed by atoms with van der Waals surface area (Å²) in [6.07, 6.45) is 9.74. The molecule has 0 spiro atoms. The Hall–Kier alpha value is -2.10. The van der Waals surface area contributed by atoms with Gasteiger partial charge in [-0.2, -0.15) is 0 Å². The summed E-state index contributed by atoms with van der Waals surface area (Å²) in [5.74, 6) is 1.08. The molecule has 116 valence electrons. The quantitative estimate of drug-likeness (QED) is 0.851. The second-order valence-electron chi connectivity index (χ2n) is 6.00. The lowest BCUT2D eigenvalue weighted by Gasteiger charge is -2.24. The van der Waals surface area contributed by atoms with Crippen molar-refractivity contribution in [3.05, 3.63) is 42.2 Å². The maximum absolute atomic E-state index is 12.6. The standard InChI is InChI=1S/C18H23N3O/c1-20-14-11-19-17(20)15-7-9-16(10-8-15)18(22)21-12-5-3-2-4-6-13-21/h7-11,14H,2-6,12-13H2,1H3. The SMILES string of the molecule is Cn1ccnc1-c1ccc(C(=O)N2CCCCCCC2)cc1. The zero-order valence-electron chi connectivity index (χ0n) is 13.2. The Kier molecular flexibility index (Phi) is 4.56. The van der Waals surface area contributed by atoms with Crippen molar-refractivity contribution >= 4 is 5.91 Å². The molecule has 1 fully saturated rings. The first kappa shape index (κ1) is 14.8. The fourth-order valence-corrected chi connectivity index (χ4v) is 3.04. The number of aromatic nitrogens is 2. The zero-order valence-corrected chi connectivity index (χ0v) is 13.2. The highest BCUT2D eigenvalue weighted by Crippen LogP contribution is 2.19. The van der Waals surface area contributed by atoms with E-state index in [1.807, 2.05) is 47.0 Å². The van der Waals surface area contributed by atoms with Gasteiger partial charge < -0.3 is 9.47 Å². The van der Waals surface area contributed by atoms with E-state index in [4.69, 9.17) is 0 Å². The van der Waals surface area contributed by atoms with Crippen LogP contribution in [-0.2, 0) is 7.05 Å². The van der Waals surface area contributed by atoms with E-state index in [1.54, 1.807) is 6.20 Å². The van der Waals surface area contributed by atoms with Gasteiger partial charge in [-0.3, -0.25) is 4.79 Å². The van der Waals surface area contributed by atoms with Crippen LogP contribution >= 0.6 is 0 Å². The molecule has 4 heteroatoms. The van der Waals surface area contributed by atoms with E-state index in [0.29, 0.717) is 0 Å². The van der Waals surface area contributed by atoms with E-state index < -0.39 is 0 Å². The molecule has 1 aromatic heterocycles. The van der Waals surface area contributed by atoms with Gasteiger partial charge in [0.1, 0.15) is 5.82 Å². The topological polar surface area (TPSA) is 38.1 Å². The number of hydrogen-bond donors (Lipinski definition) is 0. The van der Waals surface area contributed by atoms with Crippen molar-refractivity contribution in [2.75, 3.05) is 13.1 Å². The summed E-state index contributed by atoms with van der Waals surface area (Å²) in [5.41, 5.74) is 1.82. The summed E-state index contributed by atoms with van der Waals surface area (Å²) >= 11 is 0. The predicted octanol–water partition coefficient (Wildman–Crippen LogP) is 3.49. The minimum absolute atomic E-state index is 0.160. The Morgan fingerprint density at radius 3 is 2.23 bits per heavy atom. The van der Waals surface area contributed by atoms with Crippen molar-refractivity contribution in [2.45, 2.75) is 32.1 Å². The van der Waals surface area contributed by atoms with Crippen molar-refractivity contribution in [1.29, 1.82) is 0 Å². The maximum atomic E-state index is 12.6. The summed E-state index contributed by atoms with van der Waals surface area (Å²) in [4.78, 5) is 19.0. The third-order valence-electron chi connectivity index (χ3n) is 4.35. The normalized spacial score (nSPS) is 16.1. The molecule has 0 aliphatic carbocycles. The number of nitrogens with zero attached hydrogens (tertiary/aromatic N) is 3. The summed E-state index contributed by atoms with van der Waals surface area (Å²) in [6, 6.07) is 7.81. The van der Waals surface area contributed by atoms with E-state index in [9.17, 15) is 4.79 Å². The van der Waals surface area contributed by atoms with E-state index in [2.05, 4.69) is 4.98 Å². The van der Waals surface area contributed by atoms with Crippen molar-refractivity contribution in [3.8, 4) is 11.4 Å². The van der Waals surface area contributed by atoms with Crippen LogP contribution in [0.5, 0.6) is 0 Å². The predicted molar refractivity (Wildman–Crippen MR) is 87.6 cm³/mol. The van der Waals surface area contributed by atoms with Crippen LogP contribution in [0.2, 0.25) is 0 Å². The van der Waals surface area contributed by atoms with Gasteiger partial charge in [-0.25, -0.2) is 4.98 Å². The third kappa shape index (κ3) is 3.21. The van der Waals surface area contributed by atoms with Gasteiger partial charge in [0.2, 0.25) is 0 Å². The van der Waals surface area contributed by atoms with Crippen LogP contribution in [0.15, 0.2) is 36.7 Å². The lowest BCUT2D eigenvalue weighted by atomic mass is 10.1. The van der Waals surface area contributed by atoms with Crippen LogP contribution in [0, 0.1) is 0 Å². The van der Waals surface area contributed by atoms with Crippen molar-refractivity contribution in [3.63, 3.8) is 0 Å². The third-order valence-corrected chi connectivity index (χ3v) is 4.35. The number of hydrogen-bond acceptors (Lipinski definition) is 2. The molecule has 2 aromatic rings. The number of carbonyl (C=O) groups is 1. The minimum Gasteiger partial charge on any atom is -0.339 e. The van der Waals surface area contributed by atoms with Gasteiger partial charge in [0, 0.05) is 43.7 Å². The van der Waals surface area contributed by atoms with E-state index in [0.717, 1.165) is 42.9 Å². The second kappa shape index (κ2) is 6.77. The van der Waals surface area contributed by atoms with E-state index in [-0.39, 0.29) is 5.91 Å². The Labute approximate surface area is 131 Å². The van der Waals surface area contributed by atoms with Gasteiger partial charge in [0.15, 0.2) is 0 Å². The summed E-state index contributed by atoms with van der Waals surface area (Å²) < 4.78 is 1.98. The Bertz CT molecular complexity index is 622. The number of rotatable bonds is 2. The highest BCUT2D eigenvalue weighted by molar-refractivity contribution is 5.94. The number of benzene rings is 1. The van der Waals surface area contributed by atoms with Gasteiger partial charge in [-0.05, 0) is 25.0 Å². The first-order valence-electron chi connectivity index (χ1n) is 8.13. The fraction of sp³-hybridized carbons (Fsp3) is 0.444. The summed E-state index contributed by atoms with van der Waals surface area (Å²) in [7, 11) is 1.97. The Morgan fingerprint density at radius 2 is 1.64 bits per heavy atom. The van der Waals surface area contributed by atoms with Crippen LogP contribution in [0.25, 0.3) is 11.4 Å². The maximum Gasteiger partial charge on any atom is 0.253 e. The first-order valence-corrected chi connectivity index (χ1v) is 8.13. The molecule has 0 unspecified atom stereocenters. The molecule has 0 bridgehead atoms. The smallest absolute Gasteiger partial charge is 0.253 e. The van der Waals surface area contributed by atoms with E-state index >= 15 is 0 Å². The van der Waals surface area contributed by atoms with E-state index in [1.165, 1.54) is 19.3 Å². The Balaban J connectivity index is 1.74. The molecule has 22 heavy (non-hydrogen) atoms. The molecule has 0 radical (unpaired) electrons. The monoisotopic (exact) mass is 297 g/mol. The number of carbonyl (C=O) groups excluding carboxylic acids is 1. The van der Waals surface area contributed by atoms with Gasteiger partial charge in [-0.1, -0.05) is 31.4 Å². The molecule has 0 saturated carbocycles. The van der Waals surface area contributed by atoms with Gasteiger partial charge in [0.25, 0.3) is 5.91 Å². The van der Waals surface area contributed by atoms with Crippen molar-refractivity contribution < 1.29 is 4.79 Å². The van der Waals surface area contributed by atoms with Crippen LogP contribution < -0.4 is 0 Å². The molecular weight excluding hydrogens is 274 g/mol. The Morgan fingerprint density at radius 1 is 1.00 bits per heavy atom. The molecule has 2 heterocycles. The molecular formula is C18H23N3O. The number of likely N-dealkylation sites (tertiary alicyclic amines) is 1. The molecule has 1 aliphatic rings. The van der Waals surface area contributed by atoms with Crippen molar-refractivity contribution in [2.24, 2.45) is 7.05 Å². The summed E-state index contributed by atoms with van der Waals surface area (Å²) in [5, 5.41) is 0. The summed E-state index contributed by atoms with van der Waals surface area (Å²) in [6.45, 7) is 1.78. The first-order chi connectivity index (χ1) is 10.8. The van der Waals surface area contributed by atoms with Crippen LogP contribution in [-0.4, -0.2) is 33.4 Å². The highest BCUT2D eigenvalue weighted by atomic mass is 16.2. The second-order valence-corrected chi connectivity index (χ2v) is 6.00. The zero-order chi connectivity index (χ0) is 15.4. The van der Waals surface area contributed by atoms with Crippen molar-refractivity contribution in [1.82, 2.24) is 14.5 Å². The number of amides is 1. The molecule has 0 atom stereocenters. The highest BCUT2D eigenvalue weighted by Gasteiger charge is 2.16. The van der Waals surface area contributed by atoms with Gasteiger partial charge in [-0.15, -0.1) is 0 Å². The molecule has 1 amide bonds. The minimum atomic E-state index is 0.160. The molecule has 1 saturated heterocycles. The van der Waals surface area contributed by atoms with Crippen LogP contribution in [0.4, 0.5) is 0 Å².